The van der Waals surface area contributed by atoms with E-state index >= 15 is 0 Å². The van der Waals surface area contributed by atoms with Gasteiger partial charge in [-0.2, -0.15) is 0 Å². The van der Waals surface area contributed by atoms with Crippen molar-refractivity contribution in [2.45, 2.75) is 30.9 Å². The molecule has 4 aromatic rings. The summed E-state index contributed by atoms with van der Waals surface area (Å²) in [5.74, 6) is 0.793. The highest BCUT2D eigenvalue weighted by molar-refractivity contribution is 7.99. The van der Waals surface area contributed by atoms with Crippen LogP contribution in [0.15, 0.2) is 71.9 Å². The first kappa shape index (κ1) is 24.7. The van der Waals surface area contributed by atoms with E-state index in [2.05, 4.69) is 10.2 Å². The van der Waals surface area contributed by atoms with Crippen molar-refractivity contribution in [3.05, 3.63) is 110 Å². The predicted octanol–water partition coefficient (Wildman–Crippen LogP) is 6.37. The van der Waals surface area contributed by atoms with E-state index in [1.165, 1.54) is 23.9 Å². The van der Waals surface area contributed by atoms with Gasteiger partial charge in [0.1, 0.15) is 29.2 Å². The van der Waals surface area contributed by atoms with Gasteiger partial charge >= 0.3 is 0 Å². The molecule has 0 aliphatic heterocycles. The lowest BCUT2D eigenvalue weighted by molar-refractivity contribution is -0.479. The van der Waals surface area contributed by atoms with Crippen molar-refractivity contribution in [1.29, 1.82) is 0 Å². The molecular formula is C25H22ClFN4O3S. The van der Waals surface area contributed by atoms with Gasteiger partial charge in [-0.25, -0.2) is 4.39 Å². The van der Waals surface area contributed by atoms with Crippen molar-refractivity contribution >= 4 is 23.4 Å². The molecule has 35 heavy (non-hydrogen) atoms. The second-order valence-corrected chi connectivity index (χ2v) is 9.50. The largest absolute Gasteiger partial charge is 0.487 e. The van der Waals surface area contributed by atoms with Gasteiger partial charge in [-0.1, -0.05) is 59.3 Å². The number of aryl methyl sites for hydroxylation is 2. The summed E-state index contributed by atoms with van der Waals surface area (Å²) in [7, 11) is 0. The van der Waals surface area contributed by atoms with Crippen molar-refractivity contribution < 1.29 is 14.1 Å². The molecule has 0 spiro atoms. The van der Waals surface area contributed by atoms with Crippen LogP contribution in [0, 0.1) is 29.8 Å². The summed E-state index contributed by atoms with van der Waals surface area (Å²) in [6, 6.07) is 19.0. The highest BCUT2D eigenvalue weighted by Gasteiger charge is 2.24. The fraction of sp³-hybridized carbons (Fsp3) is 0.200. The van der Waals surface area contributed by atoms with E-state index in [4.69, 9.17) is 16.3 Å². The van der Waals surface area contributed by atoms with E-state index in [0.717, 1.165) is 16.8 Å². The van der Waals surface area contributed by atoms with Crippen LogP contribution in [-0.4, -0.2) is 26.2 Å². The Labute approximate surface area is 211 Å². The molecule has 10 heteroatoms. The molecule has 180 valence electrons. The predicted molar refractivity (Wildman–Crippen MR) is 133 cm³/mol. The minimum atomic E-state index is -0.554. The Bertz CT molecular complexity index is 1330. The Kier molecular flexibility index (Phi) is 7.67. The van der Waals surface area contributed by atoms with E-state index in [1.807, 2.05) is 42.7 Å². The van der Waals surface area contributed by atoms with Crippen molar-refractivity contribution in [1.82, 2.24) is 14.8 Å². The molecule has 0 radical (unpaired) electrons. The molecule has 4 rings (SSSR count). The van der Waals surface area contributed by atoms with Gasteiger partial charge in [0.15, 0.2) is 5.16 Å². The van der Waals surface area contributed by atoms with Crippen molar-refractivity contribution in [2.75, 3.05) is 6.54 Å². The monoisotopic (exact) mass is 512 g/mol. The molecule has 1 aromatic heterocycles. The molecule has 0 aliphatic carbocycles. The highest BCUT2D eigenvalue weighted by atomic mass is 35.5. The van der Waals surface area contributed by atoms with Crippen molar-refractivity contribution in [3.8, 4) is 11.4 Å². The van der Waals surface area contributed by atoms with Gasteiger partial charge < -0.3 is 4.74 Å². The standard InChI is InChI=1S/C25H22ClFN4O3S/c1-16-3-10-21(11-4-16)31-17(2)28-29-25(31)35-24(14-30(32)33)19-7-12-23(22(26)13-19)34-15-18-5-8-20(27)9-6-18/h3-13,24H,14-15H2,1-2H3/t24-/m1/s1. The number of ether oxygens (including phenoxy) is 1. The summed E-state index contributed by atoms with van der Waals surface area (Å²) in [5.41, 5.74) is 3.46. The lowest BCUT2D eigenvalue weighted by Crippen LogP contribution is -2.11. The first-order chi connectivity index (χ1) is 16.8. The average molecular weight is 513 g/mol. The molecule has 0 amide bonds. The molecule has 0 unspecified atom stereocenters. The second-order valence-electron chi connectivity index (χ2n) is 7.93. The fourth-order valence-electron chi connectivity index (χ4n) is 3.46. The number of aromatic nitrogens is 3. The fourth-order valence-corrected chi connectivity index (χ4v) is 4.87. The van der Waals surface area contributed by atoms with Gasteiger partial charge in [-0.3, -0.25) is 14.7 Å². The van der Waals surface area contributed by atoms with Crippen LogP contribution >= 0.6 is 23.4 Å². The zero-order chi connectivity index (χ0) is 24.9. The minimum absolute atomic E-state index is 0.214. The summed E-state index contributed by atoms with van der Waals surface area (Å²) in [6.45, 7) is 3.73. The van der Waals surface area contributed by atoms with E-state index in [-0.39, 0.29) is 23.9 Å². The quantitative estimate of drug-likeness (QED) is 0.147. The average Bonchev–Trinajstić information content (AvgIpc) is 3.19. The number of nitrogens with zero attached hydrogens (tertiary/aromatic N) is 4. The summed E-state index contributed by atoms with van der Waals surface area (Å²) < 4.78 is 20.7. The summed E-state index contributed by atoms with van der Waals surface area (Å²) >= 11 is 7.71. The van der Waals surface area contributed by atoms with Gasteiger partial charge in [0.25, 0.3) is 0 Å². The third kappa shape index (κ3) is 6.17. The van der Waals surface area contributed by atoms with Crippen LogP contribution in [0.3, 0.4) is 0 Å². The Morgan fingerprint density at radius 3 is 2.46 bits per heavy atom. The molecule has 1 heterocycles. The number of nitro groups is 1. The van der Waals surface area contributed by atoms with Crippen LogP contribution in [-0.2, 0) is 6.61 Å². The van der Waals surface area contributed by atoms with Gasteiger partial charge in [0.2, 0.25) is 6.54 Å². The summed E-state index contributed by atoms with van der Waals surface area (Å²) in [5, 5.41) is 20.2. The lowest BCUT2D eigenvalue weighted by Gasteiger charge is -2.16. The van der Waals surface area contributed by atoms with Crippen LogP contribution in [0.4, 0.5) is 4.39 Å². The van der Waals surface area contributed by atoms with Gasteiger partial charge in [-0.05, 0) is 61.4 Å². The minimum Gasteiger partial charge on any atom is -0.487 e. The first-order valence-corrected chi connectivity index (χ1v) is 12.0. The third-order valence-electron chi connectivity index (χ3n) is 5.29. The number of thioether (sulfide) groups is 1. The topological polar surface area (TPSA) is 83.1 Å². The molecule has 0 bridgehead atoms. The molecule has 1 atom stereocenters. The van der Waals surface area contributed by atoms with Crippen LogP contribution in [0.25, 0.3) is 5.69 Å². The van der Waals surface area contributed by atoms with E-state index in [9.17, 15) is 14.5 Å². The van der Waals surface area contributed by atoms with Crippen molar-refractivity contribution in [2.24, 2.45) is 0 Å². The Hall–Kier alpha value is -3.43. The normalized spacial score (nSPS) is 11.9. The number of rotatable bonds is 9. The second kappa shape index (κ2) is 10.9. The number of benzene rings is 3. The summed E-state index contributed by atoms with van der Waals surface area (Å²) in [6.07, 6.45) is 0. The SMILES string of the molecule is Cc1ccc(-n2c(C)nnc2S[C@H](C[N+](=O)[O-])c2ccc(OCc3ccc(F)cc3)c(Cl)c2)cc1. The maximum atomic E-state index is 13.1. The maximum absolute atomic E-state index is 13.1. The van der Waals surface area contributed by atoms with Gasteiger partial charge in [0.05, 0.1) is 5.02 Å². The van der Waals surface area contributed by atoms with E-state index in [0.29, 0.717) is 27.3 Å². The van der Waals surface area contributed by atoms with Crippen LogP contribution in [0.2, 0.25) is 5.02 Å². The van der Waals surface area contributed by atoms with Crippen molar-refractivity contribution in [3.63, 3.8) is 0 Å². The first-order valence-electron chi connectivity index (χ1n) is 10.7. The number of halogens is 2. The van der Waals surface area contributed by atoms with Crippen LogP contribution in [0.5, 0.6) is 5.75 Å². The molecule has 0 aliphatic rings. The smallest absolute Gasteiger partial charge is 0.220 e. The van der Waals surface area contributed by atoms with E-state index < -0.39 is 5.25 Å². The van der Waals surface area contributed by atoms with Crippen LogP contribution in [0.1, 0.15) is 27.8 Å². The van der Waals surface area contributed by atoms with E-state index in [1.54, 1.807) is 30.3 Å². The highest BCUT2D eigenvalue weighted by Crippen LogP contribution is 2.38. The van der Waals surface area contributed by atoms with Crippen LogP contribution < -0.4 is 4.74 Å². The van der Waals surface area contributed by atoms with Gasteiger partial charge in [0, 0.05) is 10.6 Å². The number of hydrogen-bond donors (Lipinski definition) is 0. The molecule has 0 fully saturated rings. The molecule has 0 N–H and O–H groups in total. The number of hydrogen-bond acceptors (Lipinski definition) is 6. The zero-order valence-corrected chi connectivity index (χ0v) is 20.6. The molecular weight excluding hydrogens is 491 g/mol. The zero-order valence-electron chi connectivity index (χ0n) is 19.0. The molecule has 7 nitrogen and oxygen atoms in total. The van der Waals surface area contributed by atoms with Gasteiger partial charge in [-0.15, -0.1) is 10.2 Å². The third-order valence-corrected chi connectivity index (χ3v) is 6.76. The summed E-state index contributed by atoms with van der Waals surface area (Å²) in [4.78, 5) is 11.1. The molecule has 0 saturated carbocycles. The lowest BCUT2D eigenvalue weighted by atomic mass is 10.1. The Balaban J connectivity index is 1.56. The maximum Gasteiger partial charge on any atom is 0.220 e. The molecule has 3 aromatic carbocycles. The molecule has 0 saturated heterocycles. The Morgan fingerprint density at radius 1 is 1.09 bits per heavy atom. The Morgan fingerprint density at radius 2 is 1.80 bits per heavy atom.